The normalized spacial score (nSPS) is 16.9. The minimum atomic E-state index is -2.71. The largest absolute Gasteiger partial charge is 0.348 e. The Morgan fingerprint density at radius 1 is 1.18 bits per heavy atom. The molecule has 0 N–H and O–H groups in total. The molecule has 5 nitrogen and oxygen atoms in total. The zero-order valence-corrected chi connectivity index (χ0v) is 16.8. The summed E-state index contributed by atoms with van der Waals surface area (Å²) in [6, 6.07) is 7.59. The Kier molecular flexibility index (Phi) is 4.53. The summed E-state index contributed by atoms with van der Waals surface area (Å²) in [5.74, 6) is -1.63. The maximum absolute atomic E-state index is 13.8. The summed E-state index contributed by atoms with van der Waals surface area (Å²) in [5.41, 5.74) is 1.78. The summed E-state index contributed by atoms with van der Waals surface area (Å²) < 4.78 is 29.5. The van der Waals surface area contributed by atoms with Crippen LogP contribution in [0.15, 0.2) is 30.6 Å². The molecule has 0 unspecified atom stereocenters. The first kappa shape index (κ1) is 19.1. The molecule has 0 saturated carbocycles. The number of alkyl halides is 2. The molecule has 4 rings (SSSR count). The van der Waals surface area contributed by atoms with Gasteiger partial charge in [0.15, 0.2) is 17.0 Å². The number of halogens is 3. The summed E-state index contributed by atoms with van der Waals surface area (Å²) in [7, 11) is 0. The molecule has 0 spiro atoms. The zero-order valence-electron chi connectivity index (χ0n) is 16.1. The van der Waals surface area contributed by atoms with E-state index in [2.05, 4.69) is 9.97 Å². The number of imidazole rings is 1. The van der Waals surface area contributed by atoms with E-state index in [-0.39, 0.29) is 24.9 Å². The predicted molar refractivity (Wildman–Crippen MR) is 106 cm³/mol. The van der Waals surface area contributed by atoms with E-state index in [9.17, 15) is 8.78 Å². The second-order valence-electron chi connectivity index (χ2n) is 8.28. The lowest BCUT2D eigenvalue weighted by molar-refractivity contribution is 0.0257. The fourth-order valence-electron chi connectivity index (χ4n) is 3.33. The number of benzene rings is 1. The third-order valence-electron chi connectivity index (χ3n) is 4.88. The van der Waals surface area contributed by atoms with Gasteiger partial charge < -0.3 is 9.47 Å². The van der Waals surface area contributed by atoms with Gasteiger partial charge >= 0.3 is 0 Å². The Morgan fingerprint density at radius 3 is 2.57 bits per heavy atom. The van der Waals surface area contributed by atoms with Crippen LogP contribution in [0.25, 0.3) is 11.2 Å². The highest BCUT2D eigenvalue weighted by Gasteiger charge is 2.40. The molecular formula is C20H22ClF2N5. The van der Waals surface area contributed by atoms with Gasteiger partial charge in [0.1, 0.15) is 5.82 Å². The summed E-state index contributed by atoms with van der Waals surface area (Å²) in [4.78, 5) is 15.5. The van der Waals surface area contributed by atoms with E-state index < -0.39 is 5.92 Å². The molecular weight excluding hydrogens is 384 g/mol. The van der Waals surface area contributed by atoms with Crippen LogP contribution in [0, 0.1) is 0 Å². The van der Waals surface area contributed by atoms with Crippen molar-refractivity contribution in [3.8, 4) is 0 Å². The van der Waals surface area contributed by atoms with Crippen molar-refractivity contribution in [3.63, 3.8) is 0 Å². The minimum Gasteiger partial charge on any atom is -0.348 e. The molecule has 0 amide bonds. The third kappa shape index (κ3) is 3.55. The molecule has 148 valence electrons. The van der Waals surface area contributed by atoms with Gasteiger partial charge in [0.2, 0.25) is 0 Å². The molecule has 3 heterocycles. The van der Waals surface area contributed by atoms with Crippen molar-refractivity contribution in [2.75, 3.05) is 18.0 Å². The van der Waals surface area contributed by atoms with Crippen molar-refractivity contribution in [2.45, 2.75) is 45.1 Å². The van der Waals surface area contributed by atoms with Crippen LogP contribution in [0.5, 0.6) is 0 Å². The van der Waals surface area contributed by atoms with Crippen LogP contribution >= 0.6 is 11.6 Å². The number of fused-ring (bicyclic) bond motifs is 1. The molecule has 3 aromatic rings. The average Bonchev–Trinajstić information content (AvgIpc) is 3.18. The van der Waals surface area contributed by atoms with Crippen molar-refractivity contribution in [3.05, 3.63) is 47.0 Å². The Balaban J connectivity index is 1.84. The van der Waals surface area contributed by atoms with Crippen LogP contribution < -0.4 is 4.90 Å². The predicted octanol–water partition coefficient (Wildman–Crippen LogP) is 4.67. The van der Waals surface area contributed by atoms with Crippen LogP contribution in [0.4, 0.5) is 14.6 Å². The Labute approximate surface area is 167 Å². The molecule has 1 aliphatic heterocycles. The van der Waals surface area contributed by atoms with E-state index in [0.29, 0.717) is 34.4 Å². The van der Waals surface area contributed by atoms with E-state index in [4.69, 9.17) is 16.6 Å². The van der Waals surface area contributed by atoms with E-state index >= 15 is 0 Å². The monoisotopic (exact) mass is 405 g/mol. The summed E-state index contributed by atoms with van der Waals surface area (Å²) in [5, 5.41) is 0.661. The summed E-state index contributed by atoms with van der Waals surface area (Å²) >= 11 is 6.30. The van der Waals surface area contributed by atoms with Crippen LogP contribution in [0.3, 0.4) is 0 Å². The average molecular weight is 406 g/mol. The highest BCUT2D eigenvalue weighted by molar-refractivity contribution is 6.31. The molecule has 0 radical (unpaired) electrons. The van der Waals surface area contributed by atoms with Crippen molar-refractivity contribution in [1.82, 2.24) is 19.5 Å². The van der Waals surface area contributed by atoms with Gasteiger partial charge in [-0.15, -0.1) is 0 Å². The van der Waals surface area contributed by atoms with Crippen LogP contribution in [-0.2, 0) is 12.0 Å². The molecule has 0 aliphatic carbocycles. The van der Waals surface area contributed by atoms with Gasteiger partial charge in [0.25, 0.3) is 5.92 Å². The summed E-state index contributed by atoms with van der Waals surface area (Å²) in [6.45, 7) is 6.41. The number of nitrogens with zero attached hydrogens (tertiary/aromatic N) is 5. The quantitative estimate of drug-likeness (QED) is 0.635. The topological polar surface area (TPSA) is 46.8 Å². The molecule has 0 atom stereocenters. The Morgan fingerprint density at radius 2 is 1.93 bits per heavy atom. The molecule has 1 aliphatic rings. The highest BCUT2D eigenvalue weighted by atomic mass is 35.5. The third-order valence-corrected chi connectivity index (χ3v) is 5.25. The fourth-order valence-corrected chi connectivity index (χ4v) is 3.52. The number of aromatic nitrogens is 4. The SMILES string of the molecule is CC(C)(C)c1nc(N2CCC(F)(F)C2)c2ncn(Cc3ccccc3Cl)c2n1. The van der Waals surface area contributed by atoms with E-state index in [1.54, 1.807) is 11.2 Å². The van der Waals surface area contributed by atoms with Gasteiger partial charge in [-0.3, -0.25) is 0 Å². The Hall–Kier alpha value is -2.28. The lowest BCUT2D eigenvalue weighted by Gasteiger charge is -2.22. The number of hydrogen-bond donors (Lipinski definition) is 0. The van der Waals surface area contributed by atoms with Gasteiger partial charge in [0.05, 0.1) is 19.4 Å². The molecule has 1 saturated heterocycles. The van der Waals surface area contributed by atoms with Gasteiger partial charge in [-0.25, -0.2) is 23.7 Å². The van der Waals surface area contributed by atoms with Crippen molar-refractivity contribution < 1.29 is 8.78 Å². The molecule has 8 heteroatoms. The van der Waals surface area contributed by atoms with Crippen LogP contribution in [0.1, 0.15) is 38.6 Å². The standard InChI is InChI=1S/C20H22ClF2N5/c1-19(2,3)18-25-16(27-9-8-20(22,23)11-27)15-17(26-18)28(12-24-15)10-13-6-4-5-7-14(13)21/h4-7,12H,8-11H2,1-3H3. The van der Waals surface area contributed by atoms with Crippen molar-refractivity contribution >= 4 is 28.6 Å². The maximum atomic E-state index is 13.8. The first-order chi connectivity index (χ1) is 13.1. The van der Waals surface area contributed by atoms with Gasteiger partial charge in [-0.2, -0.15) is 0 Å². The highest BCUT2D eigenvalue weighted by Crippen LogP contribution is 2.34. The second-order valence-corrected chi connectivity index (χ2v) is 8.69. The van der Waals surface area contributed by atoms with E-state index in [1.165, 1.54) is 0 Å². The fraction of sp³-hybridized carbons (Fsp3) is 0.450. The second kappa shape index (κ2) is 6.65. The molecule has 2 aromatic heterocycles. The smallest absolute Gasteiger partial charge is 0.266 e. The lowest BCUT2D eigenvalue weighted by Crippen LogP contribution is -2.27. The molecule has 1 fully saturated rings. The molecule has 1 aromatic carbocycles. The number of hydrogen-bond acceptors (Lipinski definition) is 4. The first-order valence-electron chi connectivity index (χ1n) is 9.24. The minimum absolute atomic E-state index is 0.177. The van der Waals surface area contributed by atoms with E-state index in [0.717, 1.165) is 5.56 Å². The summed E-state index contributed by atoms with van der Waals surface area (Å²) in [6.07, 6.45) is 1.50. The van der Waals surface area contributed by atoms with Crippen molar-refractivity contribution in [1.29, 1.82) is 0 Å². The lowest BCUT2D eigenvalue weighted by atomic mass is 9.96. The zero-order chi connectivity index (χ0) is 20.1. The van der Waals surface area contributed by atoms with Crippen molar-refractivity contribution in [2.24, 2.45) is 0 Å². The Bertz CT molecular complexity index is 1030. The first-order valence-corrected chi connectivity index (χ1v) is 9.61. The van der Waals surface area contributed by atoms with Gasteiger partial charge in [-0.1, -0.05) is 50.6 Å². The number of anilines is 1. The molecule has 0 bridgehead atoms. The number of rotatable bonds is 3. The van der Waals surface area contributed by atoms with Gasteiger partial charge in [-0.05, 0) is 11.6 Å². The van der Waals surface area contributed by atoms with Crippen LogP contribution in [-0.4, -0.2) is 38.5 Å². The van der Waals surface area contributed by atoms with Crippen LogP contribution in [0.2, 0.25) is 5.02 Å². The molecule has 28 heavy (non-hydrogen) atoms. The maximum Gasteiger partial charge on any atom is 0.266 e. The van der Waals surface area contributed by atoms with Gasteiger partial charge in [0, 0.05) is 23.4 Å². The van der Waals surface area contributed by atoms with E-state index in [1.807, 2.05) is 49.6 Å².